The number of primary sulfonamides is 1. The third-order valence-electron chi connectivity index (χ3n) is 3.69. The van der Waals surface area contributed by atoms with Crippen molar-refractivity contribution in [2.75, 3.05) is 10.7 Å². The van der Waals surface area contributed by atoms with Gasteiger partial charge in [0, 0.05) is 11.8 Å². The van der Waals surface area contributed by atoms with E-state index in [9.17, 15) is 13.2 Å². The molecule has 1 unspecified atom stereocenters. The number of anilines is 1. The second-order valence-corrected chi connectivity index (χ2v) is 8.39. The summed E-state index contributed by atoms with van der Waals surface area (Å²) in [6, 6.07) is 8.44. The Morgan fingerprint density at radius 2 is 2.00 bits per heavy atom. The third-order valence-corrected chi connectivity index (χ3v) is 5.88. The first-order chi connectivity index (χ1) is 12.8. The largest absolute Gasteiger partial charge is 0.421 e. The van der Waals surface area contributed by atoms with Gasteiger partial charge in [0.1, 0.15) is 21.9 Å². The van der Waals surface area contributed by atoms with Crippen LogP contribution in [0.5, 0.6) is 5.75 Å². The number of rotatable bonds is 5. The fourth-order valence-corrected chi connectivity index (χ4v) is 3.64. The fraction of sp³-hybridized carbons (Fsp3) is 0.188. The van der Waals surface area contributed by atoms with Crippen LogP contribution < -0.4 is 14.8 Å². The van der Waals surface area contributed by atoms with E-state index >= 15 is 0 Å². The molecule has 2 aromatic heterocycles. The maximum atomic E-state index is 12.7. The van der Waals surface area contributed by atoms with Crippen LogP contribution in [0.2, 0.25) is 0 Å². The Labute approximate surface area is 165 Å². The number of thiol groups is 1. The molecule has 8 nitrogen and oxygen atoms in total. The smallest absolute Gasteiger partial charge is 0.410 e. The van der Waals surface area contributed by atoms with Crippen LogP contribution in [-0.4, -0.2) is 36.3 Å². The van der Waals surface area contributed by atoms with Crippen LogP contribution in [0.1, 0.15) is 6.92 Å². The Bertz CT molecular complexity index is 1070. The molecular formula is C16H16N4O4S3. The Morgan fingerprint density at radius 1 is 1.30 bits per heavy atom. The normalized spacial score (nSPS) is 12.7. The molecule has 27 heavy (non-hydrogen) atoms. The Hall–Kier alpha value is -2.21. The molecule has 0 aliphatic rings. The van der Waals surface area contributed by atoms with E-state index in [2.05, 4.69) is 22.6 Å². The Balaban J connectivity index is 1.87. The van der Waals surface area contributed by atoms with Crippen LogP contribution in [0.15, 0.2) is 46.8 Å². The molecule has 0 fully saturated rings. The summed E-state index contributed by atoms with van der Waals surface area (Å²) in [5.74, 6) is 0.990. The van der Waals surface area contributed by atoms with E-state index in [1.807, 2.05) is 6.92 Å². The van der Waals surface area contributed by atoms with Gasteiger partial charge in [0.15, 0.2) is 0 Å². The van der Waals surface area contributed by atoms with Crippen LogP contribution in [0.25, 0.3) is 10.3 Å². The van der Waals surface area contributed by atoms with E-state index in [4.69, 9.17) is 9.88 Å². The van der Waals surface area contributed by atoms with Crippen molar-refractivity contribution >= 4 is 56.2 Å². The van der Waals surface area contributed by atoms with E-state index in [0.717, 1.165) is 5.52 Å². The summed E-state index contributed by atoms with van der Waals surface area (Å²) >= 11 is 5.63. The zero-order chi connectivity index (χ0) is 19.6. The van der Waals surface area contributed by atoms with Crippen molar-refractivity contribution in [1.29, 1.82) is 0 Å². The van der Waals surface area contributed by atoms with Gasteiger partial charge < -0.3 is 4.74 Å². The lowest BCUT2D eigenvalue weighted by Crippen LogP contribution is -2.42. The quantitative estimate of drug-likeness (QED) is 0.609. The number of sulfonamides is 1. The summed E-state index contributed by atoms with van der Waals surface area (Å²) in [6.07, 6.45) is -0.656. The third kappa shape index (κ3) is 4.38. The van der Waals surface area contributed by atoms with Gasteiger partial charge in [0.2, 0.25) is 10.0 Å². The minimum Gasteiger partial charge on any atom is -0.410 e. The number of hydrogen-bond donors (Lipinski definition) is 2. The van der Waals surface area contributed by atoms with Gasteiger partial charge in [-0.15, -0.1) is 11.3 Å². The van der Waals surface area contributed by atoms with Crippen LogP contribution in [0, 0.1) is 0 Å². The van der Waals surface area contributed by atoms with Crippen molar-refractivity contribution < 1.29 is 17.9 Å². The highest BCUT2D eigenvalue weighted by atomic mass is 32.2. The summed E-state index contributed by atoms with van der Waals surface area (Å²) in [5.41, 5.74) is 2.42. The summed E-state index contributed by atoms with van der Waals surface area (Å²) in [5, 5.41) is 5.06. The van der Waals surface area contributed by atoms with E-state index in [-0.39, 0.29) is 16.7 Å². The zero-order valence-corrected chi connectivity index (χ0v) is 16.7. The average molecular weight is 425 g/mol. The maximum absolute atomic E-state index is 12.7. The molecule has 1 amide bonds. The summed E-state index contributed by atoms with van der Waals surface area (Å²) < 4.78 is 28.0. The Kier molecular flexibility index (Phi) is 5.65. The van der Waals surface area contributed by atoms with Crippen LogP contribution in [0.3, 0.4) is 0 Å². The molecule has 0 aliphatic carbocycles. The number of ether oxygens (including phenoxy) is 1. The number of nitrogens with two attached hydrogens (primary N) is 1. The van der Waals surface area contributed by atoms with Crippen molar-refractivity contribution in [3.8, 4) is 5.75 Å². The van der Waals surface area contributed by atoms with Crippen molar-refractivity contribution in [3.63, 3.8) is 0 Å². The molecule has 11 heteroatoms. The van der Waals surface area contributed by atoms with Gasteiger partial charge in [-0.1, -0.05) is 0 Å². The zero-order valence-electron chi connectivity index (χ0n) is 14.1. The highest BCUT2D eigenvalue weighted by Gasteiger charge is 2.25. The molecule has 0 spiro atoms. The van der Waals surface area contributed by atoms with Crippen LogP contribution in [0.4, 0.5) is 10.6 Å². The number of benzene rings is 1. The highest BCUT2D eigenvalue weighted by molar-refractivity contribution is 7.89. The molecule has 0 aliphatic heterocycles. The summed E-state index contributed by atoms with van der Waals surface area (Å²) in [6.45, 7) is 1.82. The molecular weight excluding hydrogens is 408 g/mol. The van der Waals surface area contributed by atoms with E-state index < -0.39 is 16.1 Å². The first-order valence-electron chi connectivity index (χ1n) is 7.74. The minimum atomic E-state index is -3.82. The number of hydrogen-bond acceptors (Lipinski definition) is 8. The second kappa shape index (κ2) is 7.80. The number of aromatic nitrogens is 2. The molecule has 0 radical (unpaired) electrons. The average Bonchev–Trinajstić information content (AvgIpc) is 3.09. The molecule has 1 atom stereocenters. The molecule has 0 saturated heterocycles. The van der Waals surface area contributed by atoms with E-state index in [1.54, 1.807) is 17.6 Å². The molecule has 142 valence electrons. The number of carbonyl (C=O) groups excluding carboxylic acids is 1. The van der Waals surface area contributed by atoms with Crippen molar-refractivity contribution in [2.45, 2.75) is 17.9 Å². The lowest BCUT2D eigenvalue weighted by molar-refractivity contribution is 0.205. The van der Waals surface area contributed by atoms with Gasteiger partial charge in [-0.2, -0.15) is 12.6 Å². The minimum absolute atomic E-state index is 0.0693. The van der Waals surface area contributed by atoms with E-state index in [0.29, 0.717) is 16.4 Å². The van der Waals surface area contributed by atoms with Gasteiger partial charge in [0.25, 0.3) is 0 Å². The number of nitrogens with zero attached hydrogens (tertiary/aromatic N) is 3. The molecule has 3 rings (SSSR count). The maximum Gasteiger partial charge on any atom is 0.421 e. The molecule has 2 heterocycles. The fourth-order valence-electron chi connectivity index (χ4n) is 2.30. The predicted molar refractivity (Wildman–Crippen MR) is 107 cm³/mol. The first-order valence-corrected chi connectivity index (χ1v) is 10.8. The summed E-state index contributed by atoms with van der Waals surface area (Å²) in [4.78, 5) is 23.4. The van der Waals surface area contributed by atoms with Gasteiger partial charge >= 0.3 is 6.09 Å². The lowest BCUT2D eigenvalue weighted by Gasteiger charge is -2.26. The molecule has 2 N–H and O–H groups in total. The molecule has 3 aromatic rings. The number of thiazole rings is 1. The predicted octanol–water partition coefficient (Wildman–Crippen LogP) is 2.66. The molecule has 1 aromatic carbocycles. The monoisotopic (exact) mass is 424 g/mol. The Morgan fingerprint density at radius 3 is 2.63 bits per heavy atom. The lowest BCUT2D eigenvalue weighted by atomic mass is 10.3. The SMILES string of the molecule is CC(CS)N(C(=O)Oc1ccc(S(N)(=O)=O)cc1)c1ccc2ncsc2n1. The van der Waals surface area contributed by atoms with Crippen molar-refractivity contribution in [1.82, 2.24) is 9.97 Å². The van der Waals surface area contributed by atoms with E-state index in [1.165, 1.54) is 40.5 Å². The van der Waals surface area contributed by atoms with Crippen LogP contribution >= 0.6 is 24.0 Å². The second-order valence-electron chi connectivity index (χ2n) is 5.63. The van der Waals surface area contributed by atoms with Gasteiger partial charge in [-0.3, -0.25) is 4.90 Å². The molecule has 0 bridgehead atoms. The summed E-state index contributed by atoms with van der Waals surface area (Å²) in [7, 11) is -3.82. The first kappa shape index (κ1) is 19.5. The standard InChI is InChI=1S/C16H16N4O4S3/c1-10(8-25)20(14-7-6-13-15(19-14)26-9-18-13)16(21)24-11-2-4-12(5-3-11)27(17,22)23/h2-7,9-10,25H,8H2,1H3,(H2,17,22,23). The van der Waals surface area contributed by atoms with Gasteiger partial charge in [-0.25, -0.2) is 28.3 Å². The molecule has 0 saturated carbocycles. The number of carbonyl (C=O) groups is 1. The van der Waals surface area contributed by atoms with Crippen LogP contribution in [-0.2, 0) is 10.0 Å². The number of fused-ring (bicyclic) bond motifs is 1. The number of pyridine rings is 1. The van der Waals surface area contributed by atoms with Gasteiger partial charge in [0.05, 0.1) is 10.4 Å². The topological polar surface area (TPSA) is 115 Å². The number of amides is 1. The van der Waals surface area contributed by atoms with Crippen molar-refractivity contribution in [2.24, 2.45) is 5.14 Å². The van der Waals surface area contributed by atoms with Crippen molar-refractivity contribution in [3.05, 3.63) is 41.9 Å². The van der Waals surface area contributed by atoms with Gasteiger partial charge in [-0.05, 0) is 43.3 Å². The highest BCUT2D eigenvalue weighted by Crippen LogP contribution is 2.24.